The van der Waals surface area contributed by atoms with Gasteiger partial charge in [-0.25, -0.2) is 0 Å². The van der Waals surface area contributed by atoms with Crippen LogP contribution in [0.3, 0.4) is 0 Å². The monoisotopic (exact) mass is 267 g/mol. The zero-order chi connectivity index (χ0) is 14.3. The van der Waals surface area contributed by atoms with E-state index in [0.717, 1.165) is 18.3 Å². The Morgan fingerprint density at radius 1 is 0.684 bits per heavy atom. The normalized spacial score (nSPS) is 13.1. The fraction of sp³-hybridized carbons (Fsp3) is 0.947. The third kappa shape index (κ3) is 12.8. The lowest BCUT2D eigenvalue weighted by Gasteiger charge is -2.19. The highest BCUT2D eigenvalue weighted by Crippen LogP contribution is 2.23. The fourth-order valence-corrected chi connectivity index (χ4v) is 2.97. The van der Waals surface area contributed by atoms with Crippen molar-refractivity contribution in [2.45, 2.75) is 104 Å². The Labute approximate surface area is 123 Å². The molecule has 0 amide bonds. The van der Waals surface area contributed by atoms with Gasteiger partial charge >= 0.3 is 0 Å². The van der Waals surface area contributed by atoms with E-state index >= 15 is 0 Å². The molecule has 0 aromatic rings. The van der Waals surface area contributed by atoms with Crippen LogP contribution in [0.25, 0.3) is 0 Å². The van der Waals surface area contributed by atoms with E-state index in [9.17, 15) is 0 Å². The average molecular weight is 268 g/mol. The maximum atomic E-state index is 4.01. The second-order valence-electron chi connectivity index (χ2n) is 6.62. The van der Waals surface area contributed by atoms with Crippen LogP contribution >= 0.6 is 0 Å². The van der Waals surface area contributed by atoms with Gasteiger partial charge < -0.3 is 0 Å². The van der Waals surface area contributed by atoms with E-state index in [1.807, 2.05) is 0 Å². The molecule has 0 saturated heterocycles. The molecule has 0 aromatic heterocycles. The smallest absolute Gasteiger partial charge is 0.0391 e. The first-order valence-electron chi connectivity index (χ1n) is 9.01. The second-order valence-corrected chi connectivity index (χ2v) is 6.62. The van der Waals surface area contributed by atoms with Gasteiger partial charge in [-0.15, -0.1) is 0 Å². The van der Waals surface area contributed by atoms with E-state index in [1.54, 1.807) is 0 Å². The fourth-order valence-electron chi connectivity index (χ4n) is 2.97. The van der Waals surface area contributed by atoms with Gasteiger partial charge in [0.25, 0.3) is 0 Å². The maximum absolute atomic E-state index is 4.01. The molecule has 0 spiro atoms. The van der Waals surface area contributed by atoms with Gasteiger partial charge in [-0.3, -0.25) is 0 Å². The van der Waals surface area contributed by atoms with Crippen molar-refractivity contribution in [2.75, 3.05) is 0 Å². The molecule has 0 aliphatic heterocycles. The van der Waals surface area contributed by atoms with Crippen molar-refractivity contribution in [3.63, 3.8) is 0 Å². The van der Waals surface area contributed by atoms with Crippen molar-refractivity contribution in [1.82, 2.24) is 0 Å². The summed E-state index contributed by atoms with van der Waals surface area (Å²) in [6, 6.07) is 0. The molecule has 0 rings (SSSR count). The molecule has 0 bridgehead atoms. The SMILES string of the molecule is [CH2]CCC(CCCCCCCCCCCC)C(C)C. The molecule has 0 aliphatic carbocycles. The summed E-state index contributed by atoms with van der Waals surface area (Å²) in [4.78, 5) is 0. The predicted molar refractivity (Wildman–Crippen MR) is 89.4 cm³/mol. The van der Waals surface area contributed by atoms with Crippen molar-refractivity contribution in [3.05, 3.63) is 6.92 Å². The van der Waals surface area contributed by atoms with Crippen LogP contribution in [-0.2, 0) is 0 Å². The van der Waals surface area contributed by atoms with Gasteiger partial charge in [0.2, 0.25) is 0 Å². The van der Waals surface area contributed by atoms with E-state index in [1.165, 1.54) is 77.0 Å². The first kappa shape index (κ1) is 19.0. The summed E-state index contributed by atoms with van der Waals surface area (Å²) in [5.74, 6) is 1.77. The van der Waals surface area contributed by atoms with Gasteiger partial charge in [-0.1, -0.05) is 111 Å². The van der Waals surface area contributed by atoms with Crippen molar-refractivity contribution in [2.24, 2.45) is 11.8 Å². The Morgan fingerprint density at radius 2 is 1.16 bits per heavy atom. The first-order chi connectivity index (χ1) is 9.22. The number of hydrogen-bond donors (Lipinski definition) is 0. The van der Waals surface area contributed by atoms with Crippen LogP contribution in [0.4, 0.5) is 0 Å². The summed E-state index contributed by atoms with van der Waals surface area (Å²) < 4.78 is 0. The molecule has 0 heterocycles. The lowest BCUT2D eigenvalue weighted by atomic mass is 9.86. The lowest BCUT2D eigenvalue weighted by Crippen LogP contribution is -2.08. The molecule has 0 heteroatoms. The molecule has 19 heavy (non-hydrogen) atoms. The van der Waals surface area contributed by atoms with Crippen molar-refractivity contribution in [3.8, 4) is 0 Å². The van der Waals surface area contributed by atoms with Gasteiger partial charge in [0.15, 0.2) is 0 Å². The second kappa shape index (κ2) is 14.4. The summed E-state index contributed by atoms with van der Waals surface area (Å²) >= 11 is 0. The molecule has 0 fully saturated rings. The standard InChI is InChI=1S/C19H39/c1-5-7-8-9-10-11-12-13-14-15-17-19(16-6-2)18(3)4/h18-19H,2,5-17H2,1,3-4H3. The minimum absolute atomic E-state index is 0.848. The molecule has 115 valence electrons. The zero-order valence-electron chi connectivity index (χ0n) is 14.1. The number of hydrogen-bond acceptors (Lipinski definition) is 0. The van der Waals surface area contributed by atoms with Crippen molar-refractivity contribution in [1.29, 1.82) is 0 Å². The summed E-state index contributed by atoms with van der Waals surface area (Å²) in [5, 5.41) is 0. The van der Waals surface area contributed by atoms with Crippen LogP contribution in [0.15, 0.2) is 0 Å². The van der Waals surface area contributed by atoms with Gasteiger partial charge in [-0.05, 0) is 11.8 Å². The van der Waals surface area contributed by atoms with Gasteiger partial charge in [0.05, 0.1) is 0 Å². The first-order valence-corrected chi connectivity index (χ1v) is 9.01. The Morgan fingerprint density at radius 3 is 1.58 bits per heavy atom. The highest BCUT2D eigenvalue weighted by Gasteiger charge is 2.11. The van der Waals surface area contributed by atoms with Gasteiger partial charge in [-0.2, -0.15) is 0 Å². The molecule has 0 saturated carbocycles. The number of rotatable bonds is 14. The minimum atomic E-state index is 0.848. The molecular weight excluding hydrogens is 228 g/mol. The highest BCUT2D eigenvalue weighted by molar-refractivity contribution is 4.64. The third-order valence-electron chi connectivity index (χ3n) is 4.45. The summed E-state index contributed by atoms with van der Waals surface area (Å²) in [6.45, 7) is 11.0. The van der Waals surface area contributed by atoms with E-state index in [2.05, 4.69) is 27.7 Å². The van der Waals surface area contributed by atoms with E-state index in [0.29, 0.717) is 0 Å². The van der Waals surface area contributed by atoms with Crippen molar-refractivity contribution < 1.29 is 0 Å². The van der Waals surface area contributed by atoms with Crippen molar-refractivity contribution >= 4 is 0 Å². The molecule has 0 N–H and O–H groups in total. The molecule has 0 aromatic carbocycles. The van der Waals surface area contributed by atoms with E-state index in [-0.39, 0.29) is 0 Å². The molecule has 0 nitrogen and oxygen atoms in total. The van der Waals surface area contributed by atoms with E-state index in [4.69, 9.17) is 0 Å². The number of unbranched alkanes of at least 4 members (excludes halogenated alkanes) is 9. The van der Waals surface area contributed by atoms with Crippen LogP contribution < -0.4 is 0 Å². The van der Waals surface area contributed by atoms with Crippen LogP contribution in [0, 0.1) is 18.8 Å². The zero-order valence-corrected chi connectivity index (χ0v) is 14.1. The van der Waals surface area contributed by atoms with Gasteiger partial charge in [0.1, 0.15) is 0 Å². The summed E-state index contributed by atoms with van der Waals surface area (Å²) in [5.41, 5.74) is 0. The van der Waals surface area contributed by atoms with Crippen LogP contribution in [0.2, 0.25) is 0 Å². The highest BCUT2D eigenvalue weighted by atomic mass is 14.2. The summed E-state index contributed by atoms with van der Waals surface area (Å²) in [7, 11) is 0. The molecule has 1 unspecified atom stereocenters. The Balaban J connectivity index is 3.25. The van der Waals surface area contributed by atoms with Crippen LogP contribution in [-0.4, -0.2) is 0 Å². The molecule has 0 aliphatic rings. The van der Waals surface area contributed by atoms with Gasteiger partial charge in [0, 0.05) is 0 Å². The Bertz CT molecular complexity index is 159. The molecule has 1 radical (unpaired) electrons. The lowest BCUT2D eigenvalue weighted by molar-refractivity contribution is 0.325. The van der Waals surface area contributed by atoms with Crippen LogP contribution in [0.5, 0.6) is 0 Å². The maximum Gasteiger partial charge on any atom is -0.0391 e. The topological polar surface area (TPSA) is 0 Å². The van der Waals surface area contributed by atoms with E-state index < -0.39 is 0 Å². The molecule has 1 atom stereocenters. The quantitative estimate of drug-likeness (QED) is 0.292. The summed E-state index contributed by atoms with van der Waals surface area (Å²) in [6.07, 6.45) is 18.4. The average Bonchev–Trinajstić information content (AvgIpc) is 2.39. The predicted octanol–water partition coefficient (Wildman–Crippen LogP) is 7.18. The van der Waals surface area contributed by atoms with Crippen LogP contribution in [0.1, 0.15) is 104 Å². The molecular formula is C19H39. The largest absolute Gasteiger partial charge is 0.0654 e. The Kier molecular flexibility index (Phi) is 14.4. The minimum Gasteiger partial charge on any atom is -0.0654 e. The third-order valence-corrected chi connectivity index (χ3v) is 4.45. The Hall–Kier alpha value is 0.